The molecule has 0 saturated carbocycles. The Morgan fingerprint density at radius 1 is 1.35 bits per heavy atom. The van der Waals surface area contributed by atoms with Gasteiger partial charge in [0, 0.05) is 4.47 Å². The van der Waals surface area contributed by atoms with E-state index in [9.17, 15) is 14.7 Å². The van der Waals surface area contributed by atoms with Crippen LogP contribution in [0.1, 0.15) is 43.6 Å². The summed E-state index contributed by atoms with van der Waals surface area (Å²) in [4.78, 5) is 23.1. The van der Waals surface area contributed by atoms with Crippen molar-refractivity contribution >= 4 is 33.7 Å². The number of carboxylic acid groups (broad SMARTS) is 1. The number of aryl methyl sites for hydroxylation is 1. The third kappa shape index (κ3) is 4.52. The number of halogens is 1. The molecule has 0 saturated heterocycles. The first-order chi connectivity index (χ1) is 9.14. The van der Waals surface area contributed by atoms with Crippen LogP contribution in [0.3, 0.4) is 0 Å². The van der Waals surface area contributed by atoms with Gasteiger partial charge in [0.05, 0.1) is 11.3 Å². The average molecular weight is 344 g/mol. The van der Waals surface area contributed by atoms with Crippen LogP contribution < -0.4 is 5.32 Å². The van der Waals surface area contributed by atoms with Crippen LogP contribution in [0, 0.1) is 0 Å². The molecule has 1 aromatic carbocycles. The molecule has 2 N–H and O–H groups in total. The van der Waals surface area contributed by atoms with E-state index in [0.717, 1.165) is 5.56 Å². The first-order valence-electron chi connectivity index (χ1n) is 6.19. The molecule has 0 fully saturated rings. The number of benzene rings is 1. The first-order valence-corrected chi connectivity index (χ1v) is 6.99. The van der Waals surface area contributed by atoms with E-state index in [4.69, 9.17) is 4.74 Å². The van der Waals surface area contributed by atoms with Crippen molar-refractivity contribution in [2.75, 3.05) is 5.32 Å². The number of aromatic carboxylic acids is 1. The number of carbonyl (C=O) groups excluding carboxylic acids is 1. The van der Waals surface area contributed by atoms with Crippen molar-refractivity contribution in [3.63, 3.8) is 0 Å². The van der Waals surface area contributed by atoms with Gasteiger partial charge in [0.1, 0.15) is 5.60 Å². The lowest BCUT2D eigenvalue weighted by atomic mass is 10.0. The van der Waals surface area contributed by atoms with Crippen LogP contribution >= 0.6 is 15.9 Å². The molecule has 110 valence electrons. The monoisotopic (exact) mass is 343 g/mol. The van der Waals surface area contributed by atoms with Gasteiger partial charge in [-0.2, -0.15) is 0 Å². The van der Waals surface area contributed by atoms with Crippen molar-refractivity contribution in [2.24, 2.45) is 0 Å². The summed E-state index contributed by atoms with van der Waals surface area (Å²) in [5.41, 5.74) is 0.386. The van der Waals surface area contributed by atoms with Gasteiger partial charge in [-0.3, -0.25) is 5.32 Å². The number of rotatable bonds is 3. The summed E-state index contributed by atoms with van der Waals surface area (Å²) >= 11 is 3.26. The molecule has 1 aromatic rings. The molecule has 20 heavy (non-hydrogen) atoms. The van der Waals surface area contributed by atoms with Crippen LogP contribution in [0.25, 0.3) is 0 Å². The van der Waals surface area contributed by atoms with Gasteiger partial charge in [0.25, 0.3) is 0 Å². The molecule has 0 unspecified atom stereocenters. The maximum Gasteiger partial charge on any atom is 0.412 e. The summed E-state index contributed by atoms with van der Waals surface area (Å²) in [5, 5.41) is 11.8. The highest BCUT2D eigenvalue weighted by molar-refractivity contribution is 9.10. The highest BCUT2D eigenvalue weighted by Gasteiger charge is 2.21. The molecule has 1 rings (SSSR count). The Morgan fingerprint density at radius 3 is 2.40 bits per heavy atom. The molecule has 0 heterocycles. The predicted octanol–water partition coefficient (Wildman–Crippen LogP) is 4.06. The van der Waals surface area contributed by atoms with E-state index in [2.05, 4.69) is 21.2 Å². The topological polar surface area (TPSA) is 75.6 Å². The lowest BCUT2D eigenvalue weighted by Crippen LogP contribution is -2.28. The van der Waals surface area contributed by atoms with Crippen LogP contribution in [0.4, 0.5) is 10.5 Å². The number of hydrogen-bond donors (Lipinski definition) is 2. The Morgan fingerprint density at radius 2 is 1.95 bits per heavy atom. The lowest BCUT2D eigenvalue weighted by Gasteiger charge is -2.21. The van der Waals surface area contributed by atoms with Gasteiger partial charge >= 0.3 is 12.1 Å². The van der Waals surface area contributed by atoms with Gasteiger partial charge in [-0.1, -0.05) is 22.9 Å². The third-order valence-electron chi connectivity index (χ3n) is 2.42. The predicted molar refractivity (Wildman–Crippen MR) is 80.3 cm³/mol. The minimum absolute atomic E-state index is 0.0297. The molecule has 6 heteroatoms. The summed E-state index contributed by atoms with van der Waals surface area (Å²) in [6, 6.07) is 3.23. The SMILES string of the molecule is CCc1cc(Br)cc(C(=O)O)c1NC(=O)OC(C)(C)C. The summed E-state index contributed by atoms with van der Waals surface area (Å²) in [6.45, 7) is 7.11. The van der Waals surface area contributed by atoms with Crippen LogP contribution in [0.5, 0.6) is 0 Å². The largest absolute Gasteiger partial charge is 0.478 e. The number of anilines is 1. The fraction of sp³-hybridized carbons (Fsp3) is 0.429. The third-order valence-corrected chi connectivity index (χ3v) is 2.88. The smallest absolute Gasteiger partial charge is 0.412 e. The zero-order chi connectivity index (χ0) is 15.5. The fourth-order valence-electron chi connectivity index (χ4n) is 1.66. The Hall–Kier alpha value is -1.56. The number of carbonyl (C=O) groups is 2. The van der Waals surface area contributed by atoms with E-state index in [-0.39, 0.29) is 11.3 Å². The van der Waals surface area contributed by atoms with E-state index in [0.29, 0.717) is 10.9 Å². The molecular weight excluding hydrogens is 326 g/mol. The fourth-order valence-corrected chi connectivity index (χ4v) is 2.17. The Kier molecular flexibility index (Phi) is 5.16. The van der Waals surface area contributed by atoms with Crippen molar-refractivity contribution < 1.29 is 19.4 Å². The number of nitrogens with one attached hydrogen (secondary N) is 1. The highest BCUT2D eigenvalue weighted by Crippen LogP contribution is 2.27. The van der Waals surface area contributed by atoms with Crippen LogP contribution in [0.15, 0.2) is 16.6 Å². The quantitative estimate of drug-likeness (QED) is 0.867. The summed E-state index contributed by atoms with van der Waals surface area (Å²) in [6.07, 6.45) is -0.0813. The molecular formula is C14H18BrNO4. The van der Waals surface area contributed by atoms with E-state index in [1.54, 1.807) is 26.8 Å². The lowest BCUT2D eigenvalue weighted by molar-refractivity contribution is 0.0636. The van der Waals surface area contributed by atoms with E-state index in [1.165, 1.54) is 6.07 Å². The summed E-state index contributed by atoms with van der Waals surface area (Å²) in [7, 11) is 0. The van der Waals surface area contributed by atoms with Gasteiger partial charge in [0.2, 0.25) is 0 Å². The molecule has 0 atom stereocenters. The molecule has 0 spiro atoms. The van der Waals surface area contributed by atoms with Crippen LogP contribution in [-0.4, -0.2) is 22.8 Å². The molecule has 0 radical (unpaired) electrons. The van der Waals surface area contributed by atoms with Crippen molar-refractivity contribution in [1.82, 2.24) is 0 Å². The van der Waals surface area contributed by atoms with Crippen molar-refractivity contribution in [3.8, 4) is 0 Å². The maximum absolute atomic E-state index is 11.8. The van der Waals surface area contributed by atoms with Crippen LogP contribution in [-0.2, 0) is 11.2 Å². The van der Waals surface area contributed by atoms with Gasteiger partial charge in [-0.05, 0) is 44.9 Å². The van der Waals surface area contributed by atoms with Crippen molar-refractivity contribution in [3.05, 3.63) is 27.7 Å². The van der Waals surface area contributed by atoms with E-state index >= 15 is 0 Å². The second-order valence-electron chi connectivity index (χ2n) is 5.27. The molecule has 0 aliphatic carbocycles. The highest BCUT2D eigenvalue weighted by atomic mass is 79.9. The molecule has 0 aliphatic rings. The molecule has 5 nitrogen and oxygen atoms in total. The van der Waals surface area contributed by atoms with Gasteiger partial charge in [0.15, 0.2) is 0 Å². The normalized spacial score (nSPS) is 11.1. The molecule has 0 aromatic heterocycles. The minimum Gasteiger partial charge on any atom is -0.478 e. The average Bonchev–Trinajstić information content (AvgIpc) is 2.27. The van der Waals surface area contributed by atoms with Crippen molar-refractivity contribution in [2.45, 2.75) is 39.7 Å². The maximum atomic E-state index is 11.8. The number of ether oxygens (including phenoxy) is 1. The van der Waals surface area contributed by atoms with Crippen LogP contribution in [0.2, 0.25) is 0 Å². The molecule has 0 aliphatic heterocycles. The second kappa shape index (κ2) is 6.26. The second-order valence-corrected chi connectivity index (χ2v) is 6.19. The standard InChI is InChI=1S/C14H18BrNO4/c1-5-8-6-9(15)7-10(12(17)18)11(8)16-13(19)20-14(2,3)4/h6-7H,5H2,1-4H3,(H,16,19)(H,17,18). The zero-order valence-corrected chi connectivity index (χ0v) is 13.5. The number of hydrogen-bond acceptors (Lipinski definition) is 3. The zero-order valence-electron chi connectivity index (χ0n) is 11.9. The van der Waals surface area contributed by atoms with Gasteiger partial charge in [-0.25, -0.2) is 9.59 Å². The Labute approximate surface area is 126 Å². The number of amides is 1. The van der Waals surface area contributed by atoms with Gasteiger partial charge in [-0.15, -0.1) is 0 Å². The molecule has 0 bridgehead atoms. The van der Waals surface area contributed by atoms with Gasteiger partial charge < -0.3 is 9.84 Å². The Bertz CT molecular complexity index is 535. The minimum atomic E-state index is -1.10. The summed E-state index contributed by atoms with van der Waals surface area (Å²) in [5.74, 6) is -1.10. The van der Waals surface area contributed by atoms with Crippen molar-refractivity contribution in [1.29, 1.82) is 0 Å². The number of carboxylic acids is 1. The summed E-state index contributed by atoms with van der Waals surface area (Å²) < 4.78 is 5.81. The first kappa shape index (κ1) is 16.5. The Balaban J connectivity index is 3.16. The molecule has 1 amide bonds. The van der Waals surface area contributed by atoms with E-state index in [1.807, 2.05) is 6.92 Å². The van der Waals surface area contributed by atoms with E-state index < -0.39 is 17.7 Å².